The second-order valence-corrected chi connectivity index (χ2v) is 7.64. The Kier molecular flexibility index (Phi) is 7.13. The van der Waals surface area contributed by atoms with Gasteiger partial charge in [0.05, 0.1) is 24.7 Å². The van der Waals surface area contributed by atoms with Gasteiger partial charge in [0.1, 0.15) is 5.75 Å². The standard InChI is InChI=1S/C24H31NO4/c1-4-6-15-29-24(27)21-16(3)25-18-11-9-12-19(26)23(18)22(21)17-10-7-8-13-20(17)28-14-5-2/h7-8,10,13,22,25H,4-6,9,11-12,14-15H2,1-3H3. The van der Waals surface area contributed by atoms with Gasteiger partial charge in [0.25, 0.3) is 0 Å². The molecule has 1 aromatic rings. The van der Waals surface area contributed by atoms with Crippen LogP contribution in [-0.2, 0) is 14.3 Å². The number of para-hydroxylation sites is 1. The molecule has 1 atom stereocenters. The molecule has 2 aliphatic rings. The van der Waals surface area contributed by atoms with Gasteiger partial charge in [0.2, 0.25) is 0 Å². The lowest BCUT2D eigenvalue weighted by atomic mass is 9.75. The maximum absolute atomic E-state index is 13.1. The number of nitrogens with one attached hydrogen (secondary N) is 1. The summed E-state index contributed by atoms with van der Waals surface area (Å²) in [6.07, 6.45) is 4.80. The molecule has 0 radical (unpaired) electrons. The van der Waals surface area contributed by atoms with E-state index in [9.17, 15) is 9.59 Å². The van der Waals surface area contributed by atoms with Gasteiger partial charge in [-0.05, 0) is 38.7 Å². The molecule has 5 heteroatoms. The number of allylic oxidation sites excluding steroid dienone is 3. The second-order valence-electron chi connectivity index (χ2n) is 7.64. The molecule has 0 aromatic heterocycles. The quantitative estimate of drug-likeness (QED) is 0.505. The number of rotatable bonds is 8. The fourth-order valence-corrected chi connectivity index (χ4v) is 4.01. The SMILES string of the molecule is CCCCOC(=O)C1=C(C)NC2=C(C(=O)CCC2)C1c1ccccc1OCCC. The molecule has 1 unspecified atom stereocenters. The van der Waals surface area contributed by atoms with Gasteiger partial charge in [-0.2, -0.15) is 0 Å². The molecule has 5 nitrogen and oxygen atoms in total. The van der Waals surface area contributed by atoms with Crippen LogP contribution in [0.15, 0.2) is 46.8 Å². The lowest BCUT2D eigenvalue weighted by Gasteiger charge is -2.34. The fraction of sp³-hybridized carbons (Fsp3) is 0.500. The summed E-state index contributed by atoms with van der Waals surface area (Å²) in [5, 5.41) is 3.33. The van der Waals surface area contributed by atoms with Crippen LogP contribution in [0.5, 0.6) is 5.75 Å². The number of unbranched alkanes of at least 4 members (excludes halogenated alkanes) is 1. The molecule has 0 fully saturated rings. The largest absolute Gasteiger partial charge is 0.493 e. The molecule has 1 heterocycles. The van der Waals surface area contributed by atoms with Crippen molar-refractivity contribution in [2.45, 2.75) is 65.2 Å². The van der Waals surface area contributed by atoms with Crippen molar-refractivity contribution in [1.82, 2.24) is 5.32 Å². The minimum Gasteiger partial charge on any atom is -0.493 e. The Morgan fingerprint density at radius 1 is 1.14 bits per heavy atom. The number of carbonyl (C=O) groups is 2. The number of ketones is 1. The number of hydrogen-bond donors (Lipinski definition) is 1. The van der Waals surface area contributed by atoms with E-state index >= 15 is 0 Å². The number of esters is 1. The van der Waals surface area contributed by atoms with Crippen LogP contribution >= 0.6 is 0 Å². The molecule has 0 saturated heterocycles. The van der Waals surface area contributed by atoms with Crippen LogP contribution < -0.4 is 10.1 Å². The number of ether oxygens (including phenoxy) is 2. The summed E-state index contributed by atoms with van der Waals surface area (Å²) in [5.74, 6) is 0.00318. The van der Waals surface area contributed by atoms with Crippen LogP contribution in [0.3, 0.4) is 0 Å². The van der Waals surface area contributed by atoms with Gasteiger partial charge in [-0.1, -0.05) is 38.5 Å². The van der Waals surface area contributed by atoms with Gasteiger partial charge >= 0.3 is 5.97 Å². The average Bonchev–Trinajstić information content (AvgIpc) is 2.71. The molecule has 1 aromatic carbocycles. The molecule has 0 amide bonds. The van der Waals surface area contributed by atoms with Crippen LogP contribution in [0.1, 0.15) is 70.8 Å². The summed E-state index contributed by atoms with van der Waals surface area (Å²) in [6, 6.07) is 7.72. The first-order valence-electron chi connectivity index (χ1n) is 10.7. The van der Waals surface area contributed by atoms with Crippen LogP contribution in [0.2, 0.25) is 0 Å². The molecule has 1 aliphatic carbocycles. The Hall–Kier alpha value is -2.56. The van der Waals surface area contributed by atoms with E-state index in [0.717, 1.165) is 54.8 Å². The van der Waals surface area contributed by atoms with Crippen molar-refractivity contribution in [3.8, 4) is 5.75 Å². The molecule has 0 bridgehead atoms. The zero-order chi connectivity index (χ0) is 20.8. The highest BCUT2D eigenvalue weighted by molar-refractivity contribution is 6.04. The predicted molar refractivity (Wildman–Crippen MR) is 113 cm³/mol. The normalized spacial score (nSPS) is 19.0. The first kappa shape index (κ1) is 21.2. The van der Waals surface area contributed by atoms with Crippen molar-refractivity contribution >= 4 is 11.8 Å². The molecule has 156 valence electrons. The first-order valence-corrected chi connectivity index (χ1v) is 10.7. The van der Waals surface area contributed by atoms with Crippen molar-refractivity contribution < 1.29 is 19.1 Å². The van der Waals surface area contributed by atoms with E-state index < -0.39 is 5.92 Å². The molecular formula is C24H31NO4. The third kappa shape index (κ3) is 4.55. The number of Topliss-reactive ketones (excluding diaryl/α,β-unsaturated/α-hetero) is 1. The minimum absolute atomic E-state index is 0.0976. The van der Waals surface area contributed by atoms with Gasteiger partial charge in [0.15, 0.2) is 5.78 Å². The van der Waals surface area contributed by atoms with Crippen molar-refractivity contribution in [1.29, 1.82) is 0 Å². The van der Waals surface area contributed by atoms with E-state index in [2.05, 4.69) is 19.2 Å². The zero-order valence-electron chi connectivity index (χ0n) is 17.7. The third-order valence-electron chi connectivity index (χ3n) is 5.42. The van der Waals surface area contributed by atoms with Gasteiger partial charge < -0.3 is 14.8 Å². The van der Waals surface area contributed by atoms with Crippen molar-refractivity contribution in [3.05, 3.63) is 52.4 Å². The monoisotopic (exact) mass is 397 g/mol. The smallest absolute Gasteiger partial charge is 0.336 e. The highest BCUT2D eigenvalue weighted by atomic mass is 16.5. The molecule has 3 rings (SSSR count). The van der Waals surface area contributed by atoms with Gasteiger partial charge in [-0.15, -0.1) is 0 Å². The first-order chi connectivity index (χ1) is 14.1. The maximum atomic E-state index is 13.1. The summed E-state index contributed by atoms with van der Waals surface area (Å²) in [4.78, 5) is 26.0. The Morgan fingerprint density at radius 3 is 2.69 bits per heavy atom. The van der Waals surface area contributed by atoms with Crippen molar-refractivity contribution in [2.24, 2.45) is 0 Å². The molecular weight excluding hydrogens is 366 g/mol. The van der Waals surface area contributed by atoms with Gasteiger partial charge in [-0.3, -0.25) is 4.79 Å². The second kappa shape index (κ2) is 9.77. The van der Waals surface area contributed by atoms with E-state index in [4.69, 9.17) is 9.47 Å². The lowest BCUT2D eigenvalue weighted by Crippen LogP contribution is -2.34. The molecule has 29 heavy (non-hydrogen) atoms. The molecule has 0 spiro atoms. The minimum atomic E-state index is -0.457. The number of benzene rings is 1. The predicted octanol–water partition coefficient (Wildman–Crippen LogP) is 4.79. The van der Waals surface area contributed by atoms with E-state index in [1.54, 1.807) is 0 Å². The summed E-state index contributed by atoms with van der Waals surface area (Å²) in [5.41, 5.74) is 3.75. The summed E-state index contributed by atoms with van der Waals surface area (Å²) >= 11 is 0. The fourth-order valence-electron chi connectivity index (χ4n) is 4.01. The topological polar surface area (TPSA) is 64.6 Å². The van der Waals surface area contributed by atoms with Gasteiger partial charge in [0, 0.05) is 29.0 Å². The lowest BCUT2D eigenvalue weighted by molar-refractivity contribution is -0.139. The Morgan fingerprint density at radius 2 is 1.93 bits per heavy atom. The Bertz CT molecular complexity index is 837. The highest BCUT2D eigenvalue weighted by Crippen LogP contribution is 2.45. The van der Waals surface area contributed by atoms with E-state index in [0.29, 0.717) is 30.8 Å². The van der Waals surface area contributed by atoms with Crippen molar-refractivity contribution in [3.63, 3.8) is 0 Å². The van der Waals surface area contributed by atoms with E-state index in [1.165, 1.54) is 0 Å². The molecule has 1 N–H and O–H groups in total. The van der Waals surface area contributed by atoms with E-state index in [-0.39, 0.29) is 11.8 Å². The summed E-state index contributed by atoms with van der Waals surface area (Å²) < 4.78 is 11.6. The zero-order valence-corrected chi connectivity index (χ0v) is 17.7. The summed E-state index contributed by atoms with van der Waals surface area (Å²) in [6.45, 7) is 6.97. The maximum Gasteiger partial charge on any atom is 0.336 e. The van der Waals surface area contributed by atoms with Crippen LogP contribution in [-0.4, -0.2) is 25.0 Å². The van der Waals surface area contributed by atoms with Crippen molar-refractivity contribution in [2.75, 3.05) is 13.2 Å². The molecule has 0 saturated carbocycles. The third-order valence-corrected chi connectivity index (χ3v) is 5.42. The van der Waals surface area contributed by atoms with Crippen LogP contribution in [0.4, 0.5) is 0 Å². The Labute approximate surface area is 173 Å². The summed E-state index contributed by atoms with van der Waals surface area (Å²) in [7, 11) is 0. The van der Waals surface area contributed by atoms with Gasteiger partial charge in [-0.25, -0.2) is 4.79 Å². The molecule has 1 aliphatic heterocycles. The highest BCUT2D eigenvalue weighted by Gasteiger charge is 2.40. The number of hydrogen-bond acceptors (Lipinski definition) is 5. The average molecular weight is 398 g/mol. The van der Waals surface area contributed by atoms with E-state index in [1.807, 2.05) is 31.2 Å². The number of carbonyl (C=O) groups excluding carboxylic acids is 2. The Balaban J connectivity index is 2.08. The van der Waals surface area contributed by atoms with Crippen LogP contribution in [0.25, 0.3) is 0 Å². The number of dihydropyridines is 1. The van der Waals surface area contributed by atoms with Crippen LogP contribution in [0, 0.1) is 0 Å².